The summed E-state index contributed by atoms with van der Waals surface area (Å²) in [5.41, 5.74) is 1.10. The molecule has 2 aromatic carbocycles. The lowest BCUT2D eigenvalue weighted by Crippen LogP contribution is -2.04. The van der Waals surface area contributed by atoms with Gasteiger partial charge in [0.1, 0.15) is 0 Å². The zero-order valence-electron chi connectivity index (χ0n) is 9.98. The maximum atomic E-state index is 4.54. The van der Waals surface area contributed by atoms with Gasteiger partial charge in [0.15, 0.2) is 5.17 Å². The number of hydrogen-bond donors (Lipinski definition) is 1. The molecule has 0 radical (unpaired) electrons. The van der Waals surface area contributed by atoms with Gasteiger partial charge < -0.3 is 5.32 Å². The molecule has 0 saturated carbocycles. The monoisotopic (exact) mass is 320 g/mol. The quantitative estimate of drug-likeness (QED) is 0.836. The molecule has 0 bridgehead atoms. The SMILES string of the molecule is CC1CSC(Nc2ccc3cc(Br)ccc3c2)=N1. The molecule has 92 valence electrons. The van der Waals surface area contributed by atoms with Crippen molar-refractivity contribution in [2.24, 2.45) is 4.99 Å². The van der Waals surface area contributed by atoms with E-state index in [2.05, 4.69) is 69.6 Å². The summed E-state index contributed by atoms with van der Waals surface area (Å²) >= 11 is 5.27. The van der Waals surface area contributed by atoms with Crippen LogP contribution < -0.4 is 5.32 Å². The molecule has 1 heterocycles. The fraction of sp³-hybridized carbons (Fsp3) is 0.214. The molecular weight excluding hydrogens is 308 g/mol. The number of rotatable bonds is 1. The molecule has 1 N–H and O–H groups in total. The molecule has 3 rings (SSSR count). The Morgan fingerprint density at radius 1 is 1.22 bits per heavy atom. The van der Waals surface area contributed by atoms with Crippen LogP contribution in [0.2, 0.25) is 0 Å². The van der Waals surface area contributed by atoms with Crippen molar-refractivity contribution in [3.05, 3.63) is 40.9 Å². The Hall–Kier alpha value is -1.00. The molecule has 4 heteroatoms. The van der Waals surface area contributed by atoms with E-state index in [4.69, 9.17) is 0 Å². The molecule has 0 aromatic heterocycles. The first-order chi connectivity index (χ1) is 8.70. The van der Waals surface area contributed by atoms with Crippen LogP contribution in [0.5, 0.6) is 0 Å². The number of nitrogens with zero attached hydrogens (tertiary/aromatic N) is 1. The van der Waals surface area contributed by atoms with Crippen LogP contribution in [0.15, 0.2) is 45.9 Å². The van der Waals surface area contributed by atoms with Crippen molar-refractivity contribution in [1.82, 2.24) is 0 Å². The van der Waals surface area contributed by atoms with Gasteiger partial charge in [-0.1, -0.05) is 39.8 Å². The number of nitrogens with one attached hydrogen (secondary N) is 1. The molecule has 1 atom stereocenters. The smallest absolute Gasteiger partial charge is 0.161 e. The van der Waals surface area contributed by atoms with Crippen molar-refractivity contribution < 1.29 is 0 Å². The van der Waals surface area contributed by atoms with E-state index < -0.39 is 0 Å². The number of fused-ring (bicyclic) bond motifs is 1. The highest BCUT2D eigenvalue weighted by atomic mass is 79.9. The third kappa shape index (κ3) is 2.54. The Morgan fingerprint density at radius 2 is 2.00 bits per heavy atom. The lowest BCUT2D eigenvalue weighted by Gasteiger charge is -2.06. The predicted molar refractivity (Wildman–Crippen MR) is 84.6 cm³/mol. The van der Waals surface area contributed by atoms with Crippen LogP contribution in [-0.2, 0) is 0 Å². The van der Waals surface area contributed by atoms with Gasteiger partial charge in [-0.15, -0.1) is 0 Å². The van der Waals surface area contributed by atoms with Gasteiger partial charge in [-0.3, -0.25) is 4.99 Å². The number of aliphatic imine (C=N–C) groups is 1. The summed E-state index contributed by atoms with van der Waals surface area (Å²) in [6, 6.07) is 13.1. The van der Waals surface area contributed by atoms with E-state index in [0.29, 0.717) is 6.04 Å². The molecule has 0 saturated heterocycles. The minimum Gasteiger partial charge on any atom is -0.335 e. The summed E-state index contributed by atoms with van der Waals surface area (Å²) in [7, 11) is 0. The average molecular weight is 321 g/mol. The highest BCUT2D eigenvalue weighted by Gasteiger charge is 2.13. The van der Waals surface area contributed by atoms with E-state index in [1.165, 1.54) is 10.8 Å². The second-order valence-electron chi connectivity index (χ2n) is 4.43. The summed E-state index contributed by atoms with van der Waals surface area (Å²) in [6.07, 6.45) is 0. The summed E-state index contributed by atoms with van der Waals surface area (Å²) in [6.45, 7) is 2.14. The Morgan fingerprint density at radius 3 is 2.78 bits per heavy atom. The van der Waals surface area contributed by atoms with Crippen LogP contribution in [0.4, 0.5) is 5.69 Å². The number of amidine groups is 1. The first kappa shape index (κ1) is 12.1. The van der Waals surface area contributed by atoms with E-state index in [9.17, 15) is 0 Å². The largest absolute Gasteiger partial charge is 0.335 e. The van der Waals surface area contributed by atoms with Crippen LogP contribution in [0.1, 0.15) is 6.92 Å². The molecule has 0 amide bonds. The number of hydrogen-bond acceptors (Lipinski definition) is 3. The van der Waals surface area contributed by atoms with Gasteiger partial charge in [0.2, 0.25) is 0 Å². The molecule has 2 aromatic rings. The Bertz CT molecular complexity index is 624. The van der Waals surface area contributed by atoms with Crippen LogP contribution in [0.3, 0.4) is 0 Å². The van der Waals surface area contributed by atoms with Gasteiger partial charge in [-0.05, 0) is 42.0 Å². The second-order valence-corrected chi connectivity index (χ2v) is 6.35. The van der Waals surface area contributed by atoms with E-state index >= 15 is 0 Å². The fourth-order valence-electron chi connectivity index (χ4n) is 1.96. The van der Waals surface area contributed by atoms with Gasteiger partial charge in [0, 0.05) is 15.9 Å². The van der Waals surface area contributed by atoms with E-state index in [1.54, 1.807) is 11.8 Å². The summed E-state index contributed by atoms with van der Waals surface area (Å²) in [4.78, 5) is 4.54. The maximum Gasteiger partial charge on any atom is 0.161 e. The molecular formula is C14H13BrN2S. The minimum absolute atomic E-state index is 0.425. The summed E-state index contributed by atoms with van der Waals surface area (Å²) in [5, 5.41) is 6.88. The summed E-state index contributed by atoms with van der Waals surface area (Å²) in [5.74, 6) is 1.07. The van der Waals surface area contributed by atoms with Gasteiger partial charge in [0.05, 0.1) is 6.04 Å². The maximum absolute atomic E-state index is 4.54. The Balaban J connectivity index is 1.89. The molecule has 1 unspecified atom stereocenters. The first-order valence-electron chi connectivity index (χ1n) is 5.88. The van der Waals surface area contributed by atoms with Crippen molar-refractivity contribution >= 4 is 49.3 Å². The molecule has 0 aliphatic carbocycles. The Kier molecular flexibility index (Phi) is 3.31. The average Bonchev–Trinajstić information content (AvgIpc) is 2.75. The lowest BCUT2D eigenvalue weighted by molar-refractivity contribution is 0.865. The Labute approximate surface area is 119 Å². The molecule has 2 nitrogen and oxygen atoms in total. The fourth-order valence-corrected chi connectivity index (χ4v) is 3.26. The van der Waals surface area contributed by atoms with Crippen molar-refractivity contribution in [2.75, 3.05) is 11.1 Å². The standard InChI is InChI=1S/C14H13BrN2S/c1-9-8-18-14(16-9)17-13-5-3-10-6-12(15)4-2-11(10)7-13/h2-7,9H,8H2,1H3,(H,16,17). The number of anilines is 1. The molecule has 18 heavy (non-hydrogen) atoms. The molecule has 1 aliphatic heterocycles. The normalized spacial score (nSPS) is 19.0. The number of halogens is 1. The highest BCUT2D eigenvalue weighted by molar-refractivity contribution is 9.10. The number of benzene rings is 2. The van der Waals surface area contributed by atoms with Crippen molar-refractivity contribution in [2.45, 2.75) is 13.0 Å². The summed E-state index contributed by atoms with van der Waals surface area (Å²) < 4.78 is 1.11. The van der Waals surface area contributed by atoms with Gasteiger partial charge in [0.25, 0.3) is 0 Å². The topological polar surface area (TPSA) is 24.4 Å². The zero-order chi connectivity index (χ0) is 12.5. The van der Waals surface area contributed by atoms with Crippen molar-refractivity contribution in [3.8, 4) is 0 Å². The van der Waals surface area contributed by atoms with Crippen molar-refractivity contribution in [3.63, 3.8) is 0 Å². The molecule has 1 aliphatic rings. The van der Waals surface area contributed by atoms with Crippen LogP contribution in [0.25, 0.3) is 10.8 Å². The predicted octanol–water partition coefficient (Wildman–Crippen LogP) is 4.51. The van der Waals surface area contributed by atoms with Gasteiger partial charge >= 0.3 is 0 Å². The van der Waals surface area contributed by atoms with Crippen LogP contribution >= 0.6 is 27.7 Å². The highest BCUT2D eigenvalue weighted by Crippen LogP contribution is 2.25. The third-order valence-electron chi connectivity index (χ3n) is 2.85. The zero-order valence-corrected chi connectivity index (χ0v) is 12.4. The second kappa shape index (κ2) is 4.94. The third-order valence-corrected chi connectivity index (χ3v) is 4.48. The van der Waals surface area contributed by atoms with Crippen LogP contribution in [0, 0.1) is 0 Å². The molecule has 0 spiro atoms. The van der Waals surface area contributed by atoms with E-state index in [0.717, 1.165) is 21.1 Å². The van der Waals surface area contributed by atoms with Gasteiger partial charge in [-0.2, -0.15) is 0 Å². The lowest BCUT2D eigenvalue weighted by atomic mass is 10.1. The van der Waals surface area contributed by atoms with E-state index in [1.807, 2.05) is 0 Å². The first-order valence-corrected chi connectivity index (χ1v) is 7.65. The van der Waals surface area contributed by atoms with Crippen molar-refractivity contribution in [1.29, 1.82) is 0 Å². The minimum atomic E-state index is 0.425. The van der Waals surface area contributed by atoms with Gasteiger partial charge in [-0.25, -0.2) is 0 Å². The molecule has 0 fully saturated rings. The number of thioether (sulfide) groups is 1. The van der Waals surface area contributed by atoms with Crippen LogP contribution in [-0.4, -0.2) is 17.0 Å². The van der Waals surface area contributed by atoms with E-state index in [-0.39, 0.29) is 0 Å².